The summed E-state index contributed by atoms with van der Waals surface area (Å²) >= 11 is 15.5. The maximum atomic E-state index is 17.4. The molecular weight excluding hydrogens is 1960 g/mol. The molecule has 788 valence electrons. The van der Waals surface area contributed by atoms with Crippen LogP contribution in [-0.4, -0.2) is 288 Å². The van der Waals surface area contributed by atoms with Gasteiger partial charge in [0.15, 0.2) is 23.0 Å². The third-order valence-electron chi connectivity index (χ3n) is 27.1. The van der Waals surface area contributed by atoms with Gasteiger partial charge >= 0.3 is 7.94 Å². The molecule has 20 N–H and O–H groups in total. The second-order valence-electron chi connectivity index (χ2n) is 38.4. The smallest absolute Gasteiger partial charge is 0.417 e. The molecule has 11 heterocycles. The molecule has 7 aromatic rings. The first kappa shape index (κ1) is 109. The van der Waals surface area contributed by atoms with Gasteiger partial charge in [-0.3, -0.25) is 42.9 Å². The highest BCUT2D eigenvalue weighted by molar-refractivity contribution is 7.64. The Bertz CT molecular complexity index is 5850. The molecule has 0 aliphatic carbocycles. The largest absolute Gasteiger partial charge is 0.550 e. The number of phenols is 3. The van der Waals surface area contributed by atoms with Crippen molar-refractivity contribution < 1.29 is 142 Å². The highest BCUT2D eigenvalue weighted by atomic mass is 35.5. The van der Waals surface area contributed by atoms with Crippen LogP contribution < -0.4 is 81.2 Å². The predicted molar refractivity (Wildman–Crippen MR) is 526 cm³/mol. The number of carboxylic acids is 1. The normalized spacial score (nSPS) is 26.2. The lowest BCUT2D eigenvalue weighted by Gasteiger charge is -2.42. The van der Waals surface area contributed by atoms with Crippen LogP contribution in [0.2, 0.25) is 10.0 Å². The SMILES string of the molecule is CC(=O)[O-].CN[C@@H]1C(=O)N[C@@H]2Cc3ccc(cc3)Oc3cc4cc(c3O[C@@H]3O[C@H](CO)[C@@H](O)[C@H](O)[C@H]3NC(=O)CCCCCCCC(C)C)Oc3ccc(cc3Cl)[C@@H](O)[C@@H]3NC(=O)[C@H](NC(=O)[C@@H]4NC(=O)[C@@H](NC2=O)c2cc(cc(O[P+](N4CCCC4)(N4CCCC4)N4CCCC4)c2Cl)Oc2cc1ccc2O)c1ccc(O)c(c1)-c1c(O[C@H]2O[C@H](CO)[C@@H](O)[C@H](O)[C@@H]2O)cc(O)cc1[C@H](C(=O)NCCCN(C)C)NC3=O. The van der Waals surface area contributed by atoms with E-state index in [2.05, 4.69) is 75.7 Å². The number of aliphatic carboxylic acids is 1. The number of likely N-dealkylation sites (N-methyl/N-ethyl adjacent to an activating group) is 1. The first-order valence-corrected chi connectivity index (χ1v) is 51.4. The summed E-state index contributed by atoms with van der Waals surface area (Å²) in [7, 11) is 1.87. The van der Waals surface area contributed by atoms with Gasteiger partial charge in [-0.15, -0.1) is 14.0 Å². The fourth-order valence-corrected chi connectivity index (χ4v) is 24.3. The van der Waals surface area contributed by atoms with Crippen molar-refractivity contribution in [3.05, 3.63) is 164 Å². The Labute approximate surface area is 852 Å². The molecule has 0 aromatic heterocycles. The number of aliphatic hydroxyl groups excluding tert-OH is 8. The number of nitrogens with zero attached hydrogens (tertiary/aromatic N) is 4. The van der Waals surface area contributed by atoms with E-state index in [1.807, 2.05) is 4.90 Å². The molecule has 0 radical (unpaired) electrons. The van der Waals surface area contributed by atoms with E-state index in [0.29, 0.717) is 76.6 Å². The average molecular weight is 2090 g/mol. The number of nitrogens with one attached hydrogen (secondary N) is 9. The molecule has 18 rings (SSSR count). The minimum absolute atomic E-state index is 0.0595. The van der Waals surface area contributed by atoms with Gasteiger partial charge in [0, 0.05) is 93.4 Å². The van der Waals surface area contributed by atoms with Crippen LogP contribution in [0.3, 0.4) is 0 Å². The van der Waals surface area contributed by atoms with E-state index in [1.165, 1.54) is 67.7 Å². The molecule has 0 saturated carbocycles. The number of hydrogen-bond acceptors (Lipinski definition) is 34. The number of halogens is 2. The molecule has 0 unspecified atom stereocenters. The van der Waals surface area contributed by atoms with Crippen LogP contribution in [0.1, 0.15) is 186 Å². The van der Waals surface area contributed by atoms with Crippen molar-refractivity contribution in [1.82, 2.24) is 66.8 Å². The molecule has 17 bridgehead atoms. The van der Waals surface area contributed by atoms with Crippen LogP contribution in [0.25, 0.3) is 11.1 Å². The molecule has 11 aliphatic rings. The molecule has 5 fully saturated rings. The monoisotopic (exact) mass is 2090 g/mol. The van der Waals surface area contributed by atoms with Crippen LogP contribution in [0.15, 0.2) is 115 Å². The zero-order valence-corrected chi connectivity index (χ0v) is 83.8. The van der Waals surface area contributed by atoms with Crippen molar-refractivity contribution in [2.24, 2.45) is 5.92 Å². The van der Waals surface area contributed by atoms with Crippen LogP contribution in [0.5, 0.6) is 69.0 Å². The number of fused-ring (bicyclic) bond motifs is 14. The number of carboxylic acid groups (broad SMARTS) is 1. The summed E-state index contributed by atoms with van der Waals surface area (Å²) in [5.41, 5.74) is -2.02. The van der Waals surface area contributed by atoms with Gasteiger partial charge in [-0.25, -0.2) is 0 Å². The Balaban J connectivity index is 0.00000393. The average Bonchev–Trinajstić information content (AvgIpc) is 1.47. The van der Waals surface area contributed by atoms with E-state index >= 15 is 33.6 Å². The summed E-state index contributed by atoms with van der Waals surface area (Å²) in [6.07, 6.45) is -9.96. The first-order valence-electron chi connectivity index (χ1n) is 49.1. The van der Waals surface area contributed by atoms with E-state index < -0.39 is 252 Å². The third kappa shape index (κ3) is 24.7. The molecule has 7 aromatic carbocycles. The van der Waals surface area contributed by atoms with Gasteiger partial charge < -0.3 is 152 Å². The van der Waals surface area contributed by atoms with Crippen LogP contribution >= 0.6 is 31.1 Å². The van der Waals surface area contributed by atoms with Gasteiger partial charge in [-0.05, 0) is 198 Å². The minimum atomic E-state index is -3.20. The lowest BCUT2D eigenvalue weighted by Crippen LogP contribution is -2.65. The summed E-state index contributed by atoms with van der Waals surface area (Å²) in [5.74, 6) is -14.4. The van der Waals surface area contributed by atoms with Crippen molar-refractivity contribution in [2.75, 3.05) is 86.7 Å². The van der Waals surface area contributed by atoms with Gasteiger partial charge in [0.05, 0.1) is 23.3 Å². The van der Waals surface area contributed by atoms with Crippen LogP contribution in [-0.2, 0) is 59.0 Å². The lowest BCUT2D eigenvalue weighted by molar-refractivity contribution is -0.302. The summed E-state index contributed by atoms with van der Waals surface area (Å²) in [5, 5.41) is 162. The molecule has 0 spiro atoms. The summed E-state index contributed by atoms with van der Waals surface area (Å²) in [4.78, 5) is 140. The Kier molecular flexibility index (Phi) is 35.8. The fourth-order valence-electron chi connectivity index (χ4n) is 19.5. The van der Waals surface area contributed by atoms with Crippen molar-refractivity contribution in [3.63, 3.8) is 0 Å². The van der Waals surface area contributed by atoms with Crippen LogP contribution in [0, 0.1) is 5.92 Å². The second-order valence-corrected chi connectivity index (χ2v) is 42.1. The van der Waals surface area contributed by atoms with Crippen molar-refractivity contribution in [2.45, 2.75) is 227 Å². The standard InChI is InChI=1S/C99H122Cl2N13O27P.C2H4O2/c1-50(2)18-9-7-6-8-10-19-74(120)105-83-87(124)85(122)72(48-115)138-98(83)140-90-70-42-55-43-71(90)136-66-29-24-54(40-62(66)100)84(121)82-97(133)109-80(92(128)103-30-17-31-111(4)5)60-44-56(117)45-68(137-99-89(126)88(125)86(123)73(49-116)139-99)75(60)59-39-52(22-27-64(59)118)78(94(130)110-82)106-95(131)79(55)107-96(132)81-61-46-58(47-69(76(61)101)141-142(112-32-11-12-33-112,113-34-13-14-35-113)114-36-15-16-37-114)135-67-41-53(23-28-65(67)119)77(102-3)93(129)104-63(91(127)108-81)38-51-20-25-57(134-70)26-21-51;1-2(3)4/h20-29,39-47,50,63,72-73,77-89,98-99,102,115-116,121-126H,6-19,30-38,48-49H2,1-5H3,(H10-,103,104,105,106,107,108,109,110,117,118,119,120,127,128,129,130,131,132,133);1H3,(H,3,4)/t63-,72-,73-,77+,78-,79-,80-,81+,82+,83-,84-,85-,86-,87-,88+,89+,98+,99+;/m1./s1. The Morgan fingerprint density at radius 1 is 0.548 bits per heavy atom. The van der Waals surface area contributed by atoms with E-state index in [9.17, 15) is 61.0 Å². The Morgan fingerprint density at radius 3 is 1.76 bits per heavy atom. The molecular formula is C101H126Cl2N13O29P. The topological polar surface area (TPSA) is 594 Å². The number of carbonyl (C=O) groups excluding carboxylic acids is 9. The van der Waals surface area contributed by atoms with Crippen LogP contribution in [0.4, 0.5) is 0 Å². The Morgan fingerprint density at radius 2 is 1.12 bits per heavy atom. The lowest BCUT2D eigenvalue weighted by atomic mass is 9.89. The number of aromatic hydroxyl groups is 3. The second kappa shape index (κ2) is 48.1. The Hall–Kier alpha value is -11.6. The van der Waals surface area contributed by atoms with Gasteiger partial charge in [0.2, 0.25) is 71.3 Å². The van der Waals surface area contributed by atoms with E-state index in [1.54, 1.807) is 26.2 Å². The zero-order valence-electron chi connectivity index (χ0n) is 81.4. The van der Waals surface area contributed by atoms with Crippen molar-refractivity contribution in [1.29, 1.82) is 0 Å². The summed E-state index contributed by atoms with van der Waals surface area (Å²) in [6, 6.07) is 8.31. The number of aliphatic hydroxyl groups is 8. The minimum Gasteiger partial charge on any atom is -0.550 e. The number of phenolic OH excluding ortho intramolecular Hbond substituents is 3. The summed E-state index contributed by atoms with van der Waals surface area (Å²) < 4.78 is 61.1. The number of hydrogen-bond donors (Lipinski definition) is 20. The van der Waals surface area contributed by atoms with E-state index in [4.69, 9.17) is 70.8 Å². The molecule has 8 amide bonds. The maximum absolute atomic E-state index is 17.4. The zero-order chi connectivity index (χ0) is 104. The summed E-state index contributed by atoms with van der Waals surface area (Å²) in [6.45, 7) is 7.45. The fraction of sp³-hybridized carbons (Fsp3) is 0.495. The number of unbranched alkanes of at least 4 members (excludes halogenated alkanes) is 4. The highest BCUT2D eigenvalue weighted by Crippen LogP contribution is 2.71. The third-order valence-corrected chi connectivity index (χ3v) is 31.6. The van der Waals surface area contributed by atoms with Gasteiger partial charge in [0.25, 0.3) is 0 Å². The van der Waals surface area contributed by atoms with Crippen molar-refractivity contribution >= 4 is 84.4 Å². The van der Waals surface area contributed by atoms with Gasteiger partial charge in [0.1, 0.15) is 132 Å². The number of rotatable bonds is 26. The molecule has 18 atom stereocenters. The van der Waals surface area contributed by atoms with E-state index in [-0.39, 0.29) is 75.4 Å². The van der Waals surface area contributed by atoms with Gasteiger partial charge in [-0.1, -0.05) is 99.5 Å². The molecule has 11 aliphatic heterocycles. The molecule has 42 nitrogen and oxygen atoms in total. The molecule has 5 saturated heterocycles. The quantitative estimate of drug-likeness (QED) is 0.0248. The molecule has 146 heavy (non-hydrogen) atoms. The number of benzene rings is 7. The highest BCUT2D eigenvalue weighted by Gasteiger charge is 2.63. The first-order chi connectivity index (χ1) is 69.9. The van der Waals surface area contributed by atoms with Gasteiger partial charge in [-0.2, -0.15) is 0 Å². The predicted octanol–water partition coefficient (Wildman–Crippen LogP) is 5.08. The number of amides is 8. The van der Waals surface area contributed by atoms with E-state index in [0.717, 1.165) is 114 Å². The number of carbonyl (C=O) groups is 9. The molecule has 45 heteroatoms. The maximum Gasteiger partial charge on any atom is 0.417 e. The van der Waals surface area contributed by atoms with Crippen molar-refractivity contribution in [3.8, 4) is 80.1 Å². The number of ether oxygens (including phenoxy) is 7.